The molecule has 0 bridgehead atoms. The molecule has 45 heavy (non-hydrogen) atoms. The maximum Gasteiger partial charge on any atom is 0.416 e. The second kappa shape index (κ2) is 15.9. The molecular weight excluding hydrogens is 575 g/mol. The molecule has 0 aliphatic carbocycles. The average molecular weight is 620 g/mol. The van der Waals surface area contributed by atoms with Gasteiger partial charge in [0.1, 0.15) is 6.04 Å². The molecular formula is C37H44F3N3O2. The topological polar surface area (TPSA) is 43.9 Å². The van der Waals surface area contributed by atoms with E-state index in [1.54, 1.807) is 17.9 Å². The molecule has 0 unspecified atom stereocenters. The number of aryl methyl sites for hydroxylation is 2. The van der Waals surface area contributed by atoms with Gasteiger partial charge in [-0.25, -0.2) is 0 Å². The predicted molar refractivity (Wildman–Crippen MR) is 173 cm³/mol. The van der Waals surface area contributed by atoms with Crippen molar-refractivity contribution in [1.82, 2.24) is 14.7 Å². The molecule has 0 radical (unpaired) electrons. The molecule has 8 heteroatoms. The van der Waals surface area contributed by atoms with Crippen LogP contribution < -0.4 is 0 Å². The van der Waals surface area contributed by atoms with Crippen molar-refractivity contribution in [3.05, 3.63) is 112 Å². The van der Waals surface area contributed by atoms with Crippen LogP contribution >= 0.6 is 0 Å². The molecule has 0 saturated carbocycles. The van der Waals surface area contributed by atoms with Crippen molar-refractivity contribution in [2.24, 2.45) is 0 Å². The molecule has 1 aliphatic rings. The lowest BCUT2D eigenvalue weighted by atomic mass is 10.0. The first-order valence-electron chi connectivity index (χ1n) is 15.8. The van der Waals surface area contributed by atoms with Gasteiger partial charge in [0, 0.05) is 45.2 Å². The zero-order chi connectivity index (χ0) is 32.4. The van der Waals surface area contributed by atoms with Crippen molar-refractivity contribution < 1.29 is 22.8 Å². The molecule has 0 aromatic heterocycles. The van der Waals surface area contributed by atoms with Gasteiger partial charge in [0.05, 0.1) is 5.56 Å². The number of amides is 2. The van der Waals surface area contributed by atoms with Crippen LogP contribution in [-0.4, -0.2) is 65.8 Å². The molecule has 0 N–H and O–H groups in total. The van der Waals surface area contributed by atoms with Crippen LogP contribution in [0.2, 0.25) is 0 Å². The summed E-state index contributed by atoms with van der Waals surface area (Å²) in [5.41, 5.74) is 3.27. The first kappa shape index (κ1) is 34.0. The maximum atomic E-state index is 14.2. The first-order chi connectivity index (χ1) is 21.5. The van der Waals surface area contributed by atoms with Crippen LogP contribution in [0, 0.1) is 6.92 Å². The van der Waals surface area contributed by atoms with E-state index in [1.807, 2.05) is 54.4 Å². The minimum Gasteiger partial charge on any atom is -0.338 e. The van der Waals surface area contributed by atoms with Gasteiger partial charge in [0.2, 0.25) is 11.8 Å². The number of piperazine rings is 1. The van der Waals surface area contributed by atoms with E-state index in [1.165, 1.54) is 24.1 Å². The zero-order valence-electron chi connectivity index (χ0n) is 26.5. The van der Waals surface area contributed by atoms with Crippen LogP contribution in [0.5, 0.6) is 0 Å². The highest BCUT2D eigenvalue weighted by atomic mass is 19.4. The zero-order valence-corrected chi connectivity index (χ0v) is 26.5. The number of rotatable bonds is 12. The molecule has 1 saturated heterocycles. The largest absolute Gasteiger partial charge is 0.416 e. The van der Waals surface area contributed by atoms with Gasteiger partial charge >= 0.3 is 6.18 Å². The molecule has 1 atom stereocenters. The standard InChI is InChI=1S/C37H44F3N3O2/c1-4-5-7-10-29-13-15-31(16-14-29)27-43(35(44)20-18-32-17-19-33(25-28(32)2)37(38,39)40)34(26-30-11-8-6-9-12-30)36(45)42-23-21-41(3)22-24-42/h6,8-9,11-20,25,34H,4-5,7,10,21-24,26-27H2,1-3H3/b20-18+/t34-/m0/s1. The smallest absolute Gasteiger partial charge is 0.338 e. The molecule has 2 amide bonds. The molecule has 3 aromatic rings. The highest BCUT2D eigenvalue weighted by molar-refractivity contribution is 5.96. The van der Waals surface area contributed by atoms with E-state index in [9.17, 15) is 22.8 Å². The first-order valence-corrected chi connectivity index (χ1v) is 15.8. The summed E-state index contributed by atoms with van der Waals surface area (Å²) in [7, 11) is 2.03. The summed E-state index contributed by atoms with van der Waals surface area (Å²) in [4.78, 5) is 33.9. The van der Waals surface area contributed by atoms with Crippen molar-refractivity contribution >= 4 is 17.9 Å². The highest BCUT2D eigenvalue weighted by Gasteiger charge is 2.34. The lowest BCUT2D eigenvalue weighted by molar-refractivity contribution is -0.145. The maximum absolute atomic E-state index is 14.2. The third kappa shape index (κ3) is 9.79. The van der Waals surface area contributed by atoms with E-state index in [2.05, 4.69) is 24.0 Å². The monoisotopic (exact) mass is 619 g/mol. The summed E-state index contributed by atoms with van der Waals surface area (Å²) < 4.78 is 39.7. The number of benzene rings is 3. The van der Waals surface area contributed by atoms with Crippen LogP contribution in [0.15, 0.2) is 78.9 Å². The van der Waals surface area contributed by atoms with Crippen LogP contribution in [0.3, 0.4) is 0 Å². The Morgan fingerprint density at radius 3 is 2.18 bits per heavy atom. The van der Waals surface area contributed by atoms with Gasteiger partial charge in [0.15, 0.2) is 0 Å². The van der Waals surface area contributed by atoms with E-state index in [4.69, 9.17) is 0 Å². The Labute approximate surface area is 265 Å². The Morgan fingerprint density at radius 2 is 1.56 bits per heavy atom. The van der Waals surface area contributed by atoms with Crippen LogP contribution in [-0.2, 0) is 35.2 Å². The van der Waals surface area contributed by atoms with Gasteiger partial charge < -0.3 is 14.7 Å². The molecule has 3 aromatic carbocycles. The highest BCUT2D eigenvalue weighted by Crippen LogP contribution is 2.30. The molecule has 1 fully saturated rings. The number of nitrogens with zero attached hydrogens (tertiary/aromatic N) is 3. The SMILES string of the molecule is CCCCCc1ccc(CN(C(=O)/C=C/c2ccc(C(F)(F)F)cc2C)[C@@H](Cc2ccccc2)C(=O)N2CCN(C)CC2)cc1. The molecule has 0 spiro atoms. The van der Waals surface area contributed by atoms with Crippen molar-refractivity contribution in [2.75, 3.05) is 33.2 Å². The molecule has 1 aliphatic heterocycles. The summed E-state index contributed by atoms with van der Waals surface area (Å²) in [5.74, 6) is -0.472. The van der Waals surface area contributed by atoms with Crippen molar-refractivity contribution in [3.8, 4) is 0 Å². The Hall–Kier alpha value is -3.91. The molecule has 4 rings (SSSR count). The average Bonchev–Trinajstić information content (AvgIpc) is 3.03. The summed E-state index contributed by atoms with van der Waals surface area (Å²) in [6.45, 7) is 6.66. The lowest BCUT2D eigenvalue weighted by Crippen LogP contribution is -2.55. The number of carbonyl (C=O) groups excluding carboxylic acids is 2. The fraction of sp³-hybridized carbons (Fsp3) is 0.405. The number of alkyl halides is 3. The van der Waals surface area contributed by atoms with Gasteiger partial charge in [-0.05, 0) is 72.8 Å². The quantitative estimate of drug-likeness (QED) is 0.160. The number of unbranched alkanes of at least 4 members (excludes halogenated alkanes) is 2. The molecule has 1 heterocycles. The van der Waals surface area contributed by atoms with E-state index < -0.39 is 17.8 Å². The van der Waals surface area contributed by atoms with E-state index in [-0.39, 0.29) is 18.4 Å². The van der Waals surface area contributed by atoms with Gasteiger partial charge in [-0.15, -0.1) is 0 Å². The van der Waals surface area contributed by atoms with Crippen molar-refractivity contribution in [1.29, 1.82) is 0 Å². The second-order valence-corrected chi connectivity index (χ2v) is 12.0. The third-order valence-corrected chi connectivity index (χ3v) is 8.48. The summed E-state index contributed by atoms with van der Waals surface area (Å²) in [5, 5.41) is 0. The Balaban J connectivity index is 1.67. The van der Waals surface area contributed by atoms with Crippen LogP contribution in [0.4, 0.5) is 13.2 Å². The number of carbonyl (C=O) groups is 2. The predicted octanol–water partition coefficient (Wildman–Crippen LogP) is 7.17. The number of likely N-dealkylation sites (N-methyl/N-ethyl adjacent to an activating group) is 1. The van der Waals surface area contributed by atoms with Gasteiger partial charge in [0.25, 0.3) is 0 Å². The van der Waals surface area contributed by atoms with Crippen molar-refractivity contribution in [2.45, 2.75) is 64.7 Å². The van der Waals surface area contributed by atoms with E-state index in [0.29, 0.717) is 30.6 Å². The minimum atomic E-state index is -4.44. The van der Waals surface area contributed by atoms with E-state index in [0.717, 1.165) is 55.6 Å². The fourth-order valence-corrected chi connectivity index (χ4v) is 5.63. The molecule has 240 valence electrons. The summed E-state index contributed by atoms with van der Waals surface area (Å²) >= 11 is 0. The fourth-order valence-electron chi connectivity index (χ4n) is 5.63. The van der Waals surface area contributed by atoms with Gasteiger partial charge in [-0.3, -0.25) is 9.59 Å². The lowest BCUT2D eigenvalue weighted by Gasteiger charge is -2.38. The number of hydrogen-bond acceptors (Lipinski definition) is 3. The second-order valence-electron chi connectivity index (χ2n) is 12.0. The Kier molecular flexibility index (Phi) is 12.0. The summed E-state index contributed by atoms with van der Waals surface area (Å²) in [6, 6.07) is 20.6. The van der Waals surface area contributed by atoms with Gasteiger partial charge in [-0.1, -0.05) is 80.4 Å². The summed E-state index contributed by atoms with van der Waals surface area (Å²) in [6.07, 6.45) is 3.26. The Morgan fingerprint density at radius 1 is 0.889 bits per heavy atom. The third-order valence-electron chi connectivity index (χ3n) is 8.48. The van der Waals surface area contributed by atoms with Crippen LogP contribution in [0.25, 0.3) is 6.08 Å². The minimum absolute atomic E-state index is 0.101. The normalized spacial score (nSPS) is 14.9. The number of halogens is 3. The number of hydrogen-bond donors (Lipinski definition) is 0. The van der Waals surface area contributed by atoms with Crippen molar-refractivity contribution in [3.63, 3.8) is 0 Å². The molecule has 5 nitrogen and oxygen atoms in total. The van der Waals surface area contributed by atoms with E-state index >= 15 is 0 Å². The Bertz CT molecular complexity index is 1430. The van der Waals surface area contributed by atoms with Crippen LogP contribution in [0.1, 0.15) is 59.6 Å². The van der Waals surface area contributed by atoms with Gasteiger partial charge in [-0.2, -0.15) is 13.2 Å².